The normalized spacial score (nSPS) is 20.5. The molecule has 2 N–H and O–H groups in total. The number of nitrogens with zero attached hydrogens (tertiary/aromatic N) is 3. The van der Waals surface area contributed by atoms with Crippen LogP contribution in [0.2, 0.25) is 0 Å². The van der Waals surface area contributed by atoms with Crippen molar-refractivity contribution >= 4 is 29.9 Å². The smallest absolute Gasteiger partial charge is 0.191 e. The number of rotatable bonds is 7. The molecule has 2 fully saturated rings. The van der Waals surface area contributed by atoms with E-state index in [1.807, 2.05) is 20.0 Å². The Balaban J connectivity index is 0.00000320. The molecule has 0 aliphatic carbocycles. The van der Waals surface area contributed by atoms with Crippen molar-refractivity contribution in [1.29, 1.82) is 0 Å². The van der Waals surface area contributed by atoms with E-state index >= 15 is 0 Å². The fourth-order valence-electron chi connectivity index (χ4n) is 3.93. The number of hydrogen-bond acceptors (Lipinski definition) is 6. The summed E-state index contributed by atoms with van der Waals surface area (Å²) < 4.78 is 17.0. The molecule has 1 atom stereocenters. The van der Waals surface area contributed by atoms with Crippen LogP contribution < -0.4 is 10.6 Å². The van der Waals surface area contributed by atoms with Crippen molar-refractivity contribution in [3.63, 3.8) is 0 Å². The maximum atomic E-state index is 5.96. The van der Waals surface area contributed by atoms with Crippen molar-refractivity contribution in [2.24, 2.45) is 4.99 Å². The van der Waals surface area contributed by atoms with E-state index in [4.69, 9.17) is 13.9 Å². The summed E-state index contributed by atoms with van der Waals surface area (Å²) in [6.07, 6.45) is 0. The van der Waals surface area contributed by atoms with E-state index in [1.54, 1.807) is 0 Å². The number of guanidine groups is 1. The van der Waals surface area contributed by atoms with Gasteiger partial charge >= 0.3 is 0 Å². The van der Waals surface area contributed by atoms with Gasteiger partial charge in [0.25, 0.3) is 0 Å². The molecule has 0 radical (unpaired) electrons. The molecule has 2 aliphatic rings. The third-order valence-electron chi connectivity index (χ3n) is 5.82. The summed E-state index contributed by atoms with van der Waals surface area (Å²) in [6.45, 7) is 14.9. The molecule has 0 aromatic carbocycles. The summed E-state index contributed by atoms with van der Waals surface area (Å²) in [7, 11) is 1.82. The monoisotopic (exact) mass is 535 g/mol. The number of furan rings is 1. The maximum absolute atomic E-state index is 5.96. The Morgan fingerprint density at radius 2 is 1.70 bits per heavy atom. The second-order valence-corrected chi connectivity index (χ2v) is 8.33. The first-order valence-electron chi connectivity index (χ1n) is 10.6. The molecule has 0 spiro atoms. The van der Waals surface area contributed by atoms with Crippen molar-refractivity contribution in [3.8, 4) is 0 Å². The van der Waals surface area contributed by atoms with Gasteiger partial charge in [0.15, 0.2) is 5.96 Å². The lowest BCUT2D eigenvalue weighted by Gasteiger charge is -2.41. The zero-order chi connectivity index (χ0) is 20.7. The van der Waals surface area contributed by atoms with Crippen molar-refractivity contribution in [2.45, 2.75) is 32.4 Å². The van der Waals surface area contributed by atoms with E-state index in [2.05, 4.69) is 45.3 Å². The average Bonchev–Trinajstić information content (AvgIpc) is 3.18. The minimum Gasteiger partial charge on any atom is -0.465 e. The fraction of sp³-hybridized carbons (Fsp3) is 0.762. The first-order chi connectivity index (χ1) is 14.0. The Labute approximate surface area is 197 Å². The zero-order valence-electron chi connectivity index (χ0n) is 18.8. The summed E-state index contributed by atoms with van der Waals surface area (Å²) in [6, 6.07) is 4.26. The van der Waals surface area contributed by atoms with E-state index < -0.39 is 0 Å². The van der Waals surface area contributed by atoms with Gasteiger partial charge in [0.05, 0.1) is 32.5 Å². The molecule has 1 aromatic rings. The highest BCUT2D eigenvalue weighted by molar-refractivity contribution is 14.0. The number of aliphatic imine (C=N–C) groups is 1. The van der Waals surface area contributed by atoms with Crippen LogP contribution in [0.15, 0.2) is 21.5 Å². The van der Waals surface area contributed by atoms with Gasteiger partial charge < -0.3 is 24.5 Å². The van der Waals surface area contributed by atoms with Crippen LogP contribution in [0.4, 0.5) is 0 Å². The first kappa shape index (κ1) is 25.4. The average molecular weight is 535 g/mol. The van der Waals surface area contributed by atoms with Crippen LogP contribution in [0.1, 0.15) is 31.4 Å². The van der Waals surface area contributed by atoms with E-state index in [-0.39, 0.29) is 35.6 Å². The van der Waals surface area contributed by atoms with Gasteiger partial charge in [-0.25, -0.2) is 0 Å². The Morgan fingerprint density at radius 1 is 1.07 bits per heavy atom. The standard InChI is InChI=1S/C21H37N5O3.HI/c1-17-5-6-19(29-17)18(25-7-11-27-12-8-25)15-23-20(22-4)24-16-21(2,3)26-9-13-28-14-10-26;/h5-6,18H,7-16H2,1-4H3,(H2,22,23,24);1H. The Kier molecular flexibility index (Phi) is 10.3. The third kappa shape index (κ3) is 7.08. The highest BCUT2D eigenvalue weighted by Gasteiger charge is 2.29. The van der Waals surface area contributed by atoms with Crippen LogP contribution in [0.5, 0.6) is 0 Å². The predicted octanol–water partition coefficient (Wildman–Crippen LogP) is 1.86. The summed E-state index contributed by atoms with van der Waals surface area (Å²) >= 11 is 0. The summed E-state index contributed by atoms with van der Waals surface area (Å²) in [4.78, 5) is 9.32. The quantitative estimate of drug-likeness (QED) is 0.314. The molecule has 3 heterocycles. The number of morpholine rings is 2. The fourth-order valence-corrected chi connectivity index (χ4v) is 3.93. The Hall–Kier alpha value is -0.880. The van der Waals surface area contributed by atoms with Crippen LogP contribution in [0.3, 0.4) is 0 Å². The van der Waals surface area contributed by atoms with Crippen LogP contribution >= 0.6 is 24.0 Å². The van der Waals surface area contributed by atoms with E-state index in [0.29, 0.717) is 0 Å². The van der Waals surface area contributed by atoms with Gasteiger partial charge in [0, 0.05) is 51.9 Å². The molecular formula is C21H38IN5O3. The second kappa shape index (κ2) is 12.2. The van der Waals surface area contributed by atoms with Crippen molar-refractivity contribution in [3.05, 3.63) is 23.7 Å². The van der Waals surface area contributed by atoms with Gasteiger partial charge in [0.2, 0.25) is 0 Å². The van der Waals surface area contributed by atoms with Gasteiger partial charge in [-0.2, -0.15) is 0 Å². The topological polar surface area (TPSA) is 74.5 Å². The minimum atomic E-state index is 0. The molecule has 9 heteroatoms. The number of hydrogen-bond donors (Lipinski definition) is 2. The van der Waals surface area contributed by atoms with Gasteiger partial charge in [0.1, 0.15) is 11.5 Å². The number of ether oxygens (including phenoxy) is 2. The molecule has 30 heavy (non-hydrogen) atoms. The minimum absolute atomic E-state index is 0. The van der Waals surface area contributed by atoms with Gasteiger partial charge in [-0.05, 0) is 32.9 Å². The lowest BCUT2D eigenvalue weighted by atomic mass is 10.0. The Bertz CT molecular complexity index is 655. The van der Waals surface area contributed by atoms with E-state index in [1.165, 1.54) is 0 Å². The molecule has 8 nitrogen and oxygen atoms in total. The van der Waals surface area contributed by atoms with E-state index in [9.17, 15) is 0 Å². The molecule has 0 saturated carbocycles. The number of aryl methyl sites for hydroxylation is 1. The van der Waals surface area contributed by atoms with Crippen LogP contribution in [-0.4, -0.2) is 94.0 Å². The molecule has 1 unspecified atom stereocenters. The summed E-state index contributed by atoms with van der Waals surface area (Å²) in [5, 5.41) is 7.01. The van der Waals surface area contributed by atoms with Crippen molar-refractivity contribution in [2.75, 3.05) is 72.7 Å². The van der Waals surface area contributed by atoms with Crippen LogP contribution in [0, 0.1) is 6.92 Å². The first-order valence-corrected chi connectivity index (χ1v) is 10.6. The predicted molar refractivity (Wildman–Crippen MR) is 130 cm³/mol. The summed E-state index contributed by atoms with van der Waals surface area (Å²) in [5.74, 6) is 2.74. The molecule has 0 amide bonds. The number of nitrogens with one attached hydrogen (secondary N) is 2. The highest BCUT2D eigenvalue weighted by Crippen LogP contribution is 2.23. The molecule has 3 rings (SSSR count). The van der Waals surface area contributed by atoms with Crippen LogP contribution in [0.25, 0.3) is 0 Å². The molecule has 2 aliphatic heterocycles. The molecule has 0 bridgehead atoms. The van der Waals surface area contributed by atoms with Gasteiger partial charge in [-0.3, -0.25) is 14.8 Å². The molecule has 1 aromatic heterocycles. The lowest BCUT2D eigenvalue weighted by molar-refractivity contribution is -0.00837. The van der Waals surface area contributed by atoms with Crippen molar-refractivity contribution in [1.82, 2.24) is 20.4 Å². The zero-order valence-corrected chi connectivity index (χ0v) is 21.1. The van der Waals surface area contributed by atoms with Gasteiger partial charge in [-0.1, -0.05) is 0 Å². The van der Waals surface area contributed by atoms with Crippen LogP contribution in [-0.2, 0) is 9.47 Å². The highest BCUT2D eigenvalue weighted by atomic mass is 127. The second-order valence-electron chi connectivity index (χ2n) is 8.33. The molecular weight excluding hydrogens is 497 g/mol. The largest absolute Gasteiger partial charge is 0.465 e. The van der Waals surface area contributed by atoms with Gasteiger partial charge in [-0.15, -0.1) is 24.0 Å². The SMILES string of the molecule is CN=C(NCC(c1ccc(C)o1)N1CCOCC1)NCC(C)(C)N1CCOCC1.I. The van der Waals surface area contributed by atoms with Crippen molar-refractivity contribution < 1.29 is 13.9 Å². The maximum Gasteiger partial charge on any atom is 0.191 e. The molecule has 172 valence electrons. The third-order valence-corrected chi connectivity index (χ3v) is 5.82. The lowest BCUT2D eigenvalue weighted by Crippen LogP contribution is -2.57. The Morgan fingerprint density at radius 3 is 2.27 bits per heavy atom. The number of halogens is 1. The van der Waals surface area contributed by atoms with E-state index in [0.717, 1.165) is 83.2 Å². The molecule has 2 saturated heterocycles. The summed E-state index contributed by atoms with van der Waals surface area (Å²) in [5.41, 5.74) is 0.0309.